The molecular weight excluding hydrogens is 172 g/mol. The van der Waals surface area contributed by atoms with Gasteiger partial charge in [0.25, 0.3) is 0 Å². The normalized spacial score (nSPS) is 32.2. The number of ether oxygens (including phenoxy) is 2. The molecule has 0 radical (unpaired) electrons. The van der Waals surface area contributed by atoms with Crippen LogP contribution in [-0.2, 0) is 14.3 Å². The zero-order chi connectivity index (χ0) is 9.31. The standard InChI is InChI=1S/C8H14N2O3/c9-7(11)6-5-8(1-2-10-6)12-3-4-13-8/h6,10H,1-5H2,(H2,9,11). The lowest BCUT2D eigenvalue weighted by Crippen LogP contribution is -2.53. The molecule has 5 heteroatoms. The number of hydrogen-bond acceptors (Lipinski definition) is 4. The third-order valence-corrected chi connectivity index (χ3v) is 2.57. The number of nitrogens with two attached hydrogens (primary N) is 1. The van der Waals surface area contributed by atoms with Crippen molar-refractivity contribution < 1.29 is 14.3 Å². The van der Waals surface area contributed by atoms with Crippen molar-refractivity contribution in [3.05, 3.63) is 0 Å². The number of primary amides is 1. The van der Waals surface area contributed by atoms with Crippen molar-refractivity contribution in [3.63, 3.8) is 0 Å². The van der Waals surface area contributed by atoms with Gasteiger partial charge in [0, 0.05) is 19.4 Å². The quantitative estimate of drug-likeness (QED) is 0.549. The van der Waals surface area contributed by atoms with E-state index in [1.807, 2.05) is 0 Å². The fourth-order valence-electron chi connectivity index (χ4n) is 1.88. The van der Waals surface area contributed by atoms with E-state index >= 15 is 0 Å². The van der Waals surface area contributed by atoms with Gasteiger partial charge in [-0.3, -0.25) is 4.79 Å². The Balaban J connectivity index is 2.02. The number of nitrogens with one attached hydrogen (secondary N) is 1. The van der Waals surface area contributed by atoms with E-state index in [-0.39, 0.29) is 11.9 Å². The van der Waals surface area contributed by atoms with Gasteiger partial charge in [0.1, 0.15) is 0 Å². The monoisotopic (exact) mass is 186 g/mol. The molecule has 0 aromatic heterocycles. The van der Waals surface area contributed by atoms with Crippen molar-refractivity contribution in [1.82, 2.24) is 5.32 Å². The van der Waals surface area contributed by atoms with Gasteiger partial charge in [-0.15, -0.1) is 0 Å². The Hall–Kier alpha value is -0.650. The van der Waals surface area contributed by atoms with Crippen LogP contribution in [0.15, 0.2) is 0 Å². The zero-order valence-corrected chi connectivity index (χ0v) is 7.41. The third-order valence-electron chi connectivity index (χ3n) is 2.57. The van der Waals surface area contributed by atoms with Gasteiger partial charge in [-0.25, -0.2) is 0 Å². The average molecular weight is 186 g/mol. The van der Waals surface area contributed by atoms with Gasteiger partial charge in [-0.2, -0.15) is 0 Å². The maximum Gasteiger partial charge on any atom is 0.234 e. The summed E-state index contributed by atoms with van der Waals surface area (Å²) in [5.41, 5.74) is 5.21. The molecule has 3 N–H and O–H groups in total. The third kappa shape index (κ3) is 1.67. The molecule has 2 aliphatic rings. The second kappa shape index (κ2) is 3.25. The summed E-state index contributed by atoms with van der Waals surface area (Å²) in [4.78, 5) is 10.9. The summed E-state index contributed by atoms with van der Waals surface area (Å²) < 4.78 is 11.0. The van der Waals surface area contributed by atoms with Crippen LogP contribution < -0.4 is 11.1 Å². The lowest BCUT2D eigenvalue weighted by atomic mass is 9.98. The molecule has 1 atom stereocenters. The first-order valence-corrected chi connectivity index (χ1v) is 4.52. The molecule has 74 valence electrons. The van der Waals surface area contributed by atoms with Crippen LogP contribution in [0.3, 0.4) is 0 Å². The molecule has 2 rings (SSSR count). The number of carbonyl (C=O) groups is 1. The molecule has 2 aliphatic heterocycles. The van der Waals surface area contributed by atoms with E-state index in [1.165, 1.54) is 0 Å². The number of amides is 1. The Bertz CT molecular complexity index is 213. The zero-order valence-electron chi connectivity index (χ0n) is 7.41. The first-order valence-electron chi connectivity index (χ1n) is 4.52. The predicted octanol–water partition coefficient (Wildman–Crippen LogP) is -1.03. The van der Waals surface area contributed by atoms with E-state index in [9.17, 15) is 4.79 Å². The molecule has 0 bridgehead atoms. The van der Waals surface area contributed by atoms with Crippen LogP contribution in [0.1, 0.15) is 12.8 Å². The van der Waals surface area contributed by atoms with Gasteiger partial charge < -0.3 is 20.5 Å². The van der Waals surface area contributed by atoms with Gasteiger partial charge in [0.05, 0.1) is 19.3 Å². The fraction of sp³-hybridized carbons (Fsp3) is 0.875. The Morgan fingerprint density at radius 3 is 2.77 bits per heavy atom. The minimum absolute atomic E-state index is 0.313. The lowest BCUT2D eigenvalue weighted by molar-refractivity contribution is -0.181. The van der Waals surface area contributed by atoms with Crippen LogP contribution in [0, 0.1) is 0 Å². The second-order valence-corrected chi connectivity index (χ2v) is 3.47. The van der Waals surface area contributed by atoms with Crippen LogP contribution in [0.25, 0.3) is 0 Å². The highest BCUT2D eigenvalue weighted by Crippen LogP contribution is 2.30. The highest BCUT2D eigenvalue weighted by atomic mass is 16.7. The highest BCUT2D eigenvalue weighted by molar-refractivity contribution is 5.80. The summed E-state index contributed by atoms with van der Waals surface area (Å²) in [6, 6.07) is -0.313. The first-order chi connectivity index (χ1) is 6.22. The maximum atomic E-state index is 10.9. The van der Waals surface area contributed by atoms with Crippen molar-refractivity contribution in [1.29, 1.82) is 0 Å². The summed E-state index contributed by atoms with van der Waals surface area (Å²) in [5, 5.41) is 3.04. The summed E-state index contributed by atoms with van der Waals surface area (Å²) in [7, 11) is 0. The number of hydrogen-bond donors (Lipinski definition) is 2. The largest absolute Gasteiger partial charge is 0.368 e. The molecule has 13 heavy (non-hydrogen) atoms. The van der Waals surface area contributed by atoms with Crippen LogP contribution in [0.2, 0.25) is 0 Å². The minimum atomic E-state index is -0.537. The molecule has 1 amide bonds. The Morgan fingerprint density at radius 2 is 2.15 bits per heavy atom. The van der Waals surface area contributed by atoms with Crippen LogP contribution in [0.5, 0.6) is 0 Å². The van der Waals surface area contributed by atoms with E-state index in [0.717, 1.165) is 6.42 Å². The summed E-state index contributed by atoms with van der Waals surface area (Å²) in [6.45, 7) is 1.95. The Labute approximate surface area is 76.6 Å². The van der Waals surface area contributed by atoms with Crippen molar-refractivity contribution in [3.8, 4) is 0 Å². The molecule has 1 spiro atoms. The molecule has 0 aromatic carbocycles. The molecule has 2 saturated heterocycles. The van der Waals surface area contributed by atoms with Gasteiger partial charge in [-0.05, 0) is 0 Å². The number of piperidine rings is 1. The molecule has 2 fully saturated rings. The fourth-order valence-corrected chi connectivity index (χ4v) is 1.88. The molecule has 1 unspecified atom stereocenters. The van der Waals surface area contributed by atoms with Crippen LogP contribution >= 0.6 is 0 Å². The van der Waals surface area contributed by atoms with Gasteiger partial charge in [0.15, 0.2) is 5.79 Å². The molecular formula is C8H14N2O3. The van der Waals surface area contributed by atoms with Crippen molar-refractivity contribution in [2.45, 2.75) is 24.7 Å². The first kappa shape index (κ1) is 8.93. The molecule has 0 aromatic rings. The maximum absolute atomic E-state index is 10.9. The van der Waals surface area contributed by atoms with E-state index in [1.54, 1.807) is 0 Å². The van der Waals surface area contributed by atoms with Gasteiger partial charge in [-0.1, -0.05) is 0 Å². The Morgan fingerprint density at radius 1 is 1.46 bits per heavy atom. The van der Waals surface area contributed by atoms with Crippen molar-refractivity contribution >= 4 is 5.91 Å². The highest BCUT2D eigenvalue weighted by Gasteiger charge is 2.42. The summed E-state index contributed by atoms with van der Waals surface area (Å²) in [5.74, 6) is -0.872. The van der Waals surface area contributed by atoms with Crippen molar-refractivity contribution in [2.75, 3.05) is 19.8 Å². The topological polar surface area (TPSA) is 73.6 Å². The van der Waals surface area contributed by atoms with E-state index < -0.39 is 5.79 Å². The number of rotatable bonds is 1. The van der Waals surface area contributed by atoms with Gasteiger partial charge >= 0.3 is 0 Å². The van der Waals surface area contributed by atoms with E-state index in [4.69, 9.17) is 15.2 Å². The predicted molar refractivity (Wildman–Crippen MR) is 44.9 cm³/mol. The Kier molecular flexibility index (Phi) is 2.23. The molecule has 0 saturated carbocycles. The van der Waals surface area contributed by atoms with Crippen LogP contribution in [-0.4, -0.2) is 37.5 Å². The van der Waals surface area contributed by atoms with E-state index in [2.05, 4.69) is 5.32 Å². The molecule has 0 aliphatic carbocycles. The summed E-state index contributed by atoms with van der Waals surface area (Å²) in [6.07, 6.45) is 1.32. The minimum Gasteiger partial charge on any atom is -0.368 e. The summed E-state index contributed by atoms with van der Waals surface area (Å²) >= 11 is 0. The van der Waals surface area contributed by atoms with Crippen molar-refractivity contribution in [2.24, 2.45) is 5.73 Å². The molecule has 2 heterocycles. The lowest BCUT2D eigenvalue weighted by Gasteiger charge is -2.35. The average Bonchev–Trinajstić information content (AvgIpc) is 2.53. The SMILES string of the molecule is NC(=O)C1CC2(CCN1)OCCO2. The van der Waals surface area contributed by atoms with Gasteiger partial charge in [0.2, 0.25) is 5.91 Å². The molecule has 5 nitrogen and oxygen atoms in total. The second-order valence-electron chi connectivity index (χ2n) is 3.47. The number of carbonyl (C=O) groups excluding carboxylic acids is 1. The van der Waals surface area contributed by atoms with Crippen LogP contribution in [0.4, 0.5) is 0 Å². The van der Waals surface area contributed by atoms with E-state index in [0.29, 0.717) is 26.2 Å². The smallest absolute Gasteiger partial charge is 0.234 e.